The molecule has 25 heavy (non-hydrogen) atoms. The molecule has 1 aromatic heterocycles. The van der Waals surface area contributed by atoms with E-state index in [4.69, 9.17) is 5.73 Å². The number of nitrogens with two attached hydrogens (primary N) is 1. The summed E-state index contributed by atoms with van der Waals surface area (Å²) in [7, 11) is 0. The van der Waals surface area contributed by atoms with E-state index in [0.29, 0.717) is 31.4 Å². The Morgan fingerprint density at radius 3 is 2.96 bits per heavy atom. The van der Waals surface area contributed by atoms with Gasteiger partial charge in [-0.2, -0.15) is 0 Å². The summed E-state index contributed by atoms with van der Waals surface area (Å²) >= 11 is 0. The van der Waals surface area contributed by atoms with E-state index in [9.17, 15) is 9.18 Å². The summed E-state index contributed by atoms with van der Waals surface area (Å²) in [6, 6.07) is 3.12. The summed E-state index contributed by atoms with van der Waals surface area (Å²) in [5, 5.41) is 6.51. The number of nitrogens with zero attached hydrogens (tertiary/aromatic N) is 3. The minimum Gasteiger partial charge on any atom is -0.369 e. The Morgan fingerprint density at radius 1 is 1.56 bits per heavy atom. The Morgan fingerprint density at radius 2 is 2.32 bits per heavy atom. The second-order valence-corrected chi connectivity index (χ2v) is 6.83. The minimum absolute atomic E-state index is 0.121. The van der Waals surface area contributed by atoms with Crippen LogP contribution in [-0.2, 0) is 4.79 Å². The zero-order chi connectivity index (χ0) is 18.4. The maximum absolute atomic E-state index is 13.9. The molecule has 8 heteroatoms. The van der Waals surface area contributed by atoms with Gasteiger partial charge in [0.1, 0.15) is 0 Å². The molecule has 0 saturated carbocycles. The molecule has 2 rings (SSSR count). The number of hydrogen-bond donors (Lipinski definition) is 3. The minimum atomic E-state index is -0.707. The lowest BCUT2D eigenvalue weighted by atomic mass is 9.93. The molecule has 0 aromatic carbocycles. The Bertz CT molecular complexity index is 633. The van der Waals surface area contributed by atoms with E-state index in [2.05, 4.69) is 20.6 Å². The summed E-state index contributed by atoms with van der Waals surface area (Å²) in [5.74, 6) is 0.311. The fourth-order valence-corrected chi connectivity index (χ4v) is 2.55. The second-order valence-electron chi connectivity index (χ2n) is 6.83. The molecule has 1 unspecified atom stereocenters. The van der Waals surface area contributed by atoms with Gasteiger partial charge in [0.15, 0.2) is 17.6 Å². The first kappa shape index (κ1) is 19.0. The number of carbonyl (C=O) groups excluding carboxylic acids is 1. The number of primary amides is 1. The van der Waals surface area contributed by atoms with Crippen LogP contribution in [-0.4, -0.2) is 49.1 Å². The van der Waals surface area contributed by atoms with Gasteiger partial charge in [0, 0.05) is 31.9 Å². The summed E-state index contributed by atoms with van der Waals surface area (Å²) in [4.78, 5) is 21.9. The zero-order valence-corrected chi connectivity index (χ0v) is 15.1. The summed E-state index contributed by atoms with van der Waals surface area (Å²) in [6.07, 6.45) is 2.44. The second kappa shape index (κ2) is 8.13. The largest absolute Gasteiger partial charge is 0.369 e. The fourth-order valence-electron chi connectivity index (χ4n) is 2.55. The van der Waals surface area contributed by atoms with Crippen LogP contribution in [0.5, 0.6) is 0 Å². The highest BCUT2D eigenvalue weighted by Crippen LogP contribution is 2.21. The lowest BCUT2D eigenvalue weighted by molar-refractivity contribution is -0.125. The van der Waals surface area contributed by atoms with Crippen molar-refractivity contribution in [3.05, 3.63) is 24.1 Å². The van der Waals surface area contributed by atoms with Gasteiger partial charge in [-0.1, -0.05) is 0 Å². The van der Waals surface area contributed by atoms with Crippen LogP contribution in [0.2, 0.25) is 0 Å². The lowest BCUT2D eigenvalue weighted by Crippen LogP contribution is -2.45. The maximum Gasteiger partial charge on any atom is 0.224 e. The number of carbonyl (C=O) groups is 1. The van der Waals surface area contributed by atoms with Gasteiger partial charge in [0.05, 0.1) is 12.0 Å². The van der Waals surface area contributed by atoms with E-state index in [1.165, 1.54) is 6.07 Å². The average Bonchev–Trinajstić information content (AvgIpc) is 3.01. The number of aliphatic imine (C=N–C) groups is 1. The van der Waals surface area contributed by atoms with Crippen molar-refractivity contribution in [2.75, 3.05) is 31.1 Å². The topological polar surface area (TPSA) is 95.6 Å². The number of nitrogens with one attached hydrogen (secondary N) is 2. The fraction of sp³-hybridized carbons (Fsp3) is 0.588. The maximum atomic E-state index is 13.9. The molecule has 0 radical (unpaired) electrons. The first-order valence-electron chi connectivity index (χ1n) is 8.53. The van der Waals surface area contributed by atoms with Crippen LogP contribution in [0.25, 0.3) is 0 Å². The van der Waals surface area contributed by atoms with E-state index < -0.39 is 5.41 Å². The third-order valence-corrected chi connectivity index (χ3v) is 4.21. The van der Waals surface area contributed by atoms with Crippen LogP contribution in [0.15, 0.2) is 23.3 Å². The molecule has 138 valence electrons. The van der Waals surface area contributed by atoms with E-state index in [1.807, 2.05) is 11.8 Å². The predicted octanol–water partition coefficient (Wildman–Crippen LogP) is 0.866. The highest BCUT2D eigenvalue weighted by atomic mass is 19.1. The molecular weight excluding hydrogens is 323 g/mol. The monoisotopic (exact) mass is 350 g/mol. The Labute approximate surface area is 147 Å². The van der Waals surface area contributed by atoms with Crippen molar-refractivity contribution in [3.63, 3.8) is 0 Å². The van der Waals surface area contributed by atoms with Crippen molar-refractivity contribution in [1.82, 2.24) is 15.6 Å². The van der Waals surface area contributed by atoms with Crippen LogP contribution in [0.4, 0.5) is 10.2 Å². The number of halogens is 1. The number of rotatable bonds is 6. The zero-order valence-electron chi connectivity index (χ0n) is 15.1. The van der Waals surface area contributed by atoms with Crippen molar-refractivity contribution in [2.45, 2.75) is 33.2 Å². The van der Waals surface area contributed by atoms with Crippen LogP contribution in [0, 0.1) is 11.2 Å². The van der Waals surface area contributed by atoms with Crippen molar-refractivity contribution in [2.24, 2.45) is 16.1 Å². The van der Waals surface area contributed by atoms with Crippen molar-refractivity contribution < 1.29 is 9.18 Å². The molecule has 1 amide bonds. The van der Waals surface area contributed by atoms with Crippen molar-refractivity contribution in [3.8, 4) is 0 Å². The van der Waals surface area contributed by atoms with Gasteiger partial charge in [0.2, 0.25) is 5.91 Å². The summed E-state index contributed by atoms with van der Waals surface area (Å²) in [6.45, 7) is 7.86. The normalized spacial score (nSPS) is 18.3. The highest BCUT2D eigenvalue weighted by Gasteiger charge is 2.27. The van der Waals surface area contributed by atoms with Gasteiger partial charge in [-0.15, -0.1) is 0 Å². The molecule has 1 aliphatic rings. The predicted molar refractivity (Wildman–Crippen MR) is 96.9 cm³/mol. The molecule has 0 bridgehead atoms. The SMILES string of the molecule is CCNC(=NCC(C)(C)C(N)=O)NC1CCN(c2ncccc2F)C1. The number of pyridine rings is 1. The van der Waals surface area contributed by atoms with Crippen molar-refractivity contribution >= 4 is 17.7 Å². The van der Waals surface area contributed by atoms with Crippen molar-refractivity contribution in [1.29, 1.82) is 0 Å². The highest BCUT2D eigenvalue weighted by molar-refractivity contribution is 5.82. The molecule has 1 saturated heterocycles. The molecule has 0 aliphatic carbocycles. The van der Waals surface area contributed by atoms with E-state index in [-0.39, 0.29) is 17.8 Å². The number of hydrogen-bond acceptors (Lipinski definition) is 4. The standard InChI is InChI=1S/C17H27FN6O/c1-4-20-16(22-11-17(2,3)15(19)25)23-12-7-9-24(10-12)14-13(18)6-5-8-21-14/h5-6,8,12H,4,7,9-11H2,1-3H3,(H2,19,25)(H2,20,22,23). The van der Waals surface area contributed by atoms with Crippen LogP contribution in [0.1, 0.15) is 27.2 Å². The molecule has 1 fully saturated rings. The summed E-state index contributed by atoms with van der Waals surface area (Å²) in [5.41, 5.74) is 4.69. The number of guanidine groups is 1. The van der Waals surface area contributed by atoms with Gasteiger partial charge < -0.3 is 21.3 Å². The quantitative estimate of drug-likeness (QED) is 0.523. The number of aromatic nitrogens is 1. The first-order valence-corrected chi connectivity index (χ1v) is 8.53. The summed E-state index contributed by atoms with van der Waals surface area (Å²) < 4.78 is 13.9. The Kier molecular flexibility index (Phi) is 6.17. The Balaban J connectivity index is 1.99. The number of amides is 1. The van der Waals surface area contributed by atoms with Crippen LogP contribution >= 0.6 is 0 Å². The Hall–Kier alpha value is -2.38. The van der Waals surface area contributed by atoms with E-state index in [0.717, 1.165) is 13.0 Å². The first-order chi connectivity index (χ1) is 11.8. The van der Waals surface area contributed by atoms with Gasteiger partial charge >= 0.3 is 0 Å². The number of anilines is 1. The molecular formula is C17H27FN6O. The molecule has 7 nitrogen and oxygen atoms in total. The molecule has 4 N–H and O–H groups in total. The van der Waals surface area contributed by atoms with E-state index in [1.54, 1.807) is 26.1 Å². The van der Waals surface area contributed by atoms with Gasteiger partial charge in [-0.05, 0) is 39.3 Å². The molecule has 1 aromatic rings. The third-order valence-electron chi connectivity index (χ3n) is 4.21. The molecule has 1 aliphatic heterocycles. The smallest absolute Gasteiger partial charge is 0.224 e. The molecule has 1 atom stereocenters. The van der Waals surface area contributed by atoms with Gasteiger partial charge in [0.25, 0.3) is 0 Å². The van der Waals surface area contributed by atoms with Gasteiger partial charge in [-0.25, -0.2) is 9.37 Å². The van der Waals surface area contributed by atoms with E-state index >= 15 is 0 Å². The van der Waals surface area contributed by atoms with Crippen LogP contribution < -0.4 is 21.3 Å². The van der Waals surface area contributed by atoms with Gasteiger partial charge in [-0.3, -0.25) is 9.79 Å². The molecule has 2 heterocycles. The lowest BCUT2D eigenvalue weighted by Gasteiger charge is -2.22. The average molecular weight is 350 g/mol. The third kappa shape index (κ3) is 5.04. The molecule has 0 spiro atoms. The van der Waals surface area contributed by atoms with Crippen LogP contribution in [0.3, 0.4) is 0 Å².